The molecule has 0 aliphatic rings. The molecule has 0 aliphatic heterocycles. The van der Waals surface area contributed by atoms with Crippen LogP contribution in [0, 0.1) is 11.3 Å². The molecule has 104 valence electrons. The van der Waals surface area contributed by atoms with Gasteiger partial charge in [0.2, 0.25) is 0 Å². The lowest BCUT2D eigenvalue weighted by Crippen LogP contribution is -2.45. The smallest absolute Gasteiger partial charge is 0.425 e. The average Bonchev–Trinajstić information content (AvgIpc) is 2.35. The van der Waals surface area contributed by atoms with Crippen molar-refractivity contribution >= 4 is 0 Å². The van der Waals surface area contributed by atoms with Crippen LogP contribution in [0.2, 0.25) is 0 Å². The molecular weight excluding hydrogens is 276 g/mol. The van der Waals surface area contributed by atoms with Crippen molar-refractivity contribution in [2.24, 2.45) is 0 Å². The second-order valence-electron chi connectivity index (χ2n) is 3.59. The summed E-state index contributed by atoms with van der Waals surface area (Å²) < 4.78 is 78.1. The molecule has 0 saturated carbocycles. The lowest BCUT2D eigenvalue weighted by molar-refractivity contribution is -0.250. The Morgan fingerprint density at radius 2 is 1.63 bits per heavy atom. The molecule has 0 unspecified atom stereocenters. The van der Waals surface area contributed by atoms with Gasteiger partial charge in [0.25, 0.3) is 6.17 Å². The quantitative estimate of drug-likeness (QED) is 0.793. The highest BCUT2D eigenvalue weighted by molar-refractivity contribution is 5.34. The topological polar surface area (TPSA) is 33.0 Å². The number of nitriles is 1. The summed E-state index contributed by atoms with van der Waals surface area (Å²) in [4.78, 5) is 0. The van der Waals surface area contributed by atoms with E-state index in [-0.39, 0.29) is 11.3 Å². The van der Waals surface area contributed by atoms with Crippen LogP contribution in [-0.4, -0.2) is 24.9 Å². The van der Waals surface area contributed by atoms with Crippen molar-refractivity contribution in [1.29, 1.82) is 5.26 Å². The van der Waals surface area contributed by atoms with Crippen LogP contribution >= 0.6 is 0 Å². The standard InChI is InChI=1S/C11H7F6NO/c12-9(11(15,16)17)10(13,14)6-19-8-3-1-7(5-18)2-4-8/h1-4,9H,6H2/t9-/m0/s1. The van der Waals surface area contributed by atoms with Crippen LogP contribution in [0.25, 0.3) is 0 Å². The second kappa shape index (κ2) is 5.38. The highest BCUT2D eigenvalue weighted by Gasteiger charge is 2.57. The number of rotatable bonds is 4. The van der Waals surface area contributed by atoms with Crippen molar-refractivity contribution in [3.05, 3.63) is 29.8 Å². The Balaban J connectivity index is 2.67. The highest BCUT2D eigenvalue weighted by Crippen LogP contribution is 2.35. The first-order valence-electron chi connectivity index (χ1n) is 4.88. The van der Waals surface area contributed by atoms with E-state index in [0.717, 1.165) is 12.1 Å². The molecule has 1 atom stereocenters. The zero-order valence-electron chi connectivity index (χ0n) is 9.22. The molecule has 0 radical (unpaired) electrons. The van der Waals surface area contributed by atoms with Gasteiger partial charge in [0, 0.05) is 0 Å². The Morgan fingerprint density at radius 1 is 1.11 bits per heavy atom. The maximum Gasteiger partial charge on any atom is 0.425 e. The fourth-order valence-electron chi connectivity index (χ4n) is 1.12. The maximum atomic E-state index is 12.9. The number of halogens is 6. The molecule has 0 amide bonds. The molecular formula is C11H7F6NO. The fraction of sp³-hybridized carbons (Fsp3) is 0.364. The molecule has 1 aromatic rings. The van der Waals surface area contributed by atoms with E-state index in [1.54, 1.807) is 6.07 Å². The van der Waals surface area contributed by atoms with Gasteiger partial charge in [-0.2, -0.15) is 27.2 Å². The molecule has 8 heteroatoms. The summed E-state index contributed by atoms with van der Waals surface area (Å²) in [7, 11) is 0. The Bertz CT molecular complexity index is 462. The molecule has 0 spiro atoms. The summed E-state index contributed by atoms with van der Waals surface area (Å²) in [6.07, 6.45) is -9.95. The largest absolute Gasteiger partial charge is 0.487 e. The van der Waals surface area contributed by atoms with Gasteiger partial charge >= 0.3 is 12.1 Å². The Kier molecular flexibility index (Phi) is 4.29. The lowest BCUT2D eigenvalue weighted by Gasteiger charge is -2.22. The van der Waals surface area contributed by atoms with Crippen molar-refractivity contribution in [3.8, 4) is 11.8 Å². The van der Waals surface area contributed by atoms with Crippen molar-refractivity contribution in [1.82, 2.24) is 0 Å². The van der Waals surface area contributed by atoms with E-state index in [0.29, 0.717) is 0 Å². The van der Waals surface area contributed by atoms with E-state index in [1.165, 1.54) is 12.1 Å². The van der Waals surface area contributed by atoms with E-state index < -0.39 is 24.9 Å². The summed E-state index contributed by atoms with van der Waals surface area (Å²) in [5.74, 6) is -4.88. The SMILES string of the molecule is N#Cc1ccc(OCC(F)(F)[C@H](F)C(F)(F)F)cc1. The molecule has 0 saturated heterocycles. The number of hydrogen-bond donors (Lipinski definition) is 0. The van der Waals surface area contributed by atoms with Crippen LogP contribution in [0.4, 0.5) is 26.3 Å². The Morgan fingerprint density at radius 3 is 2.05 bits per heavy atom. The number of hydrogen-bond acceptors (Lipinski definition) is 2. The minimum Gasteiger partial charge on any atom is -0.487 e. The minimum atomic E-state index is -5.66. The van der Waals surface area contributed by atoms with Gasteiger partial charge in [0.05, 0.1) is 11.6 Å². The van der Waals surface area contributed by atoms with Crippen molar-refractivity contribution in [3.63, 3.8) is 0 Å². The predicted octanol–water partition coefficient (Wildman–Crippen LogP) is 3.47. The molecule has 1 aromatic carbocycles. The molecule has 2 nitrogen and oxygen atoms in total. The fourth-order valence-corrected chi connectivity index (χ4v) is 1.12. The van der Waals surface area contributed by atoms with Gasteiger partial charge < -0.3 is 4.74 Å². The molecule has 0 bridgehead atoms. The van der Waals surface area contributed by atoms with E-state index >= 15 is 0 Å². The van der Waals surface area contributed by atoms with Gasteiger partial charge in [0.15, 0.2) is 6.61 Å². The van der Waals surface area contributed by atoms with E-state index in [9.17, 15) is 26.3 Å². The van der Waals surface area contributed by atoms with Gasteiger partial charge in [-0.3, -0.25) is 0 Å². The molecule has 19 heavy (non-hydrogen) atoms. The number of nitrogens with zero attached hydrogens (tertiary/aromatic N) is 1. The summed E-state index contributed by atoms with van der Waals surface area (Å²) in [5, 5.41) is 8.46. The van der Waals surface area contributed by atoms with Crippen LogP contribution in [0.5, 0.6) is 5.75 Å². The van der Waals surface area contributed by atoms with E-state index in [4.69, 9.17) is 5.26 Å². The third kappa shape index (κ3) is 4.05. The van der Waals surface area contributed by atoms with Gasteiger partial charge in [-0.25, -0.2) is 4.39 Å². The van der Waals surface area contributed by atoms with Crippen molar-refractivity contribution in [2.45, 2.75) is 18.3 Å². The predicted molar refractivity (Wildman–Crippen MR) is 52.6 cm³/mol. The molecule has 0 aliphatic carbocycles. The normalized spacial score (nSPS) is 13.7. The second-order valence-corrected chi connectivity index (χ2v) is 3.59. The molecule has 0 N–H and O–H groups in total. The third-order valence-electron chi connectivity index (χ3n) is 2.07. The summed E-state index contributed by atoms with van der Waals surface area (Å²) >= 11 is 0. The monoisotopic (exact) mass is 283 g/mol. The maximum absolute atomic E-state index is 12.9. The molecule has 0 heterocycles. The molecule has 0 aromatic heterocycles. The van der Waals surface area contributed by atoms with Gasteiger partial charge in [-0.05, 0) is 24.3 Å². The summed E-state index contributed by atoms with van der Waals surface area (Å²) in [6.45, 7) is -1.75. The minimum absolute atomic E-state index is 0.187. The van der Waals surface area contributed by atoms with Crippen LogP contribution in [0.1, 0.15) is 5.56 Å². The van der Waals surface area contributed by atoms with Crippen LogP contribution in [0.3, 0.4) is 0 Å². The Labute approximate surface area is 104 Å². The van der Waals surface area contributed by atoms with Gasteiger partial charge in [-0.15, -0.1) is 0 Å². The lowest BCUT2D eigenvalue weighted by atomic mass is 10.2. The first kappa shape index (κ1) is 15.1. The van der Waals surface area contributed by atoms with Gasteiger partial charge in [0.1, 0.15) is 5.75 Å². The van der Waals surface area contributed by atoms with Crippen molar-refractivity contribution in [2.75, 3.05) is 6.61 Å². The summed E-state index contributed by atoms with van der Waals surface area (Å²) in [6, 6.07) is 6.45. The first-order valence-corrected chi connectivity index (χ1v) is 4.88. The number of alkyl halides is 6. The molecule has 1 rings (SSSR count). The highest BCUT2D eigenvalue weighted by atomic mass is 19.4. The van der Waals surface area contributed by atoms with Crippen LogP contribution in [0.15, 0.2) is 24.3 Å². The number of ether oxygens (including phenoxy) is 1. The average molecular weight is 283 g/mol. The Hall–Kier alpha value is -1.91. The first-order chi connectivity index (χ1) is 8.66. The van der Waals surface area contributed by atoms with Crippen LogP contribution in [-0.2, 0) is 0 Å². The summed E-state index contributed by atoms with van der Waals surface area (Å²) in [5.41, 5.74) is 0.220. The number of benzene rings is 1. The van der Waals surface area contributed by atoms with Gasteiger partial charge in [-0.1, -0.05) is 0 Å². The third-order valence-corrected chi connectivity index (χ3v) is 2.07. The van der Waals surface area contributed by atoms with E-state index in [1.807, 2.05) is 0 Å². The van der Waals surface area contributed by atoms with Crippen LogP contribution < -0.4 is 4.74 Å². The zero-order valence-corrected chi connectivity index (χ0v) is 9.22. The van der Waals surface area contributed by atoms with E-state index in [2.05, 4.69) is 4.74 Å². The van der Waals surface area contributed by atoms with Crippen molar-refractivity contribution < 1.29 is 31.1 Å². The molecule has 0 fully saturated rings. The zero-order chi connectivity index (χ0) is 14.7.